The van der Waals surface area contributed by atoms with Gasteiger partial charge in [0, 0.05) is 41.0 Å². The molecule has 5 rings (SSSR count). The van der Waals surface area contributed by atoms with Crippen LogP contribution in [0.4, 0.5) is 5.82 Å². The molecule has 0 saturated carbocycles. The van der Waals surface area contributed by atoms with E-state index < -0.39 is 0 Å². The van der Waals surface area contributed by atoms with Crippen molar-refractivity contribution in [2.45, 2.75) is 43.4 Å². The lowest BCUT2D eigenvalue weighted by molar-refractivity contribution is -0.132. The molecule has 8 nitrogen and oxygen atoms in total. The second kappa shape index (κ2) is 12.7. The predicted octanol–water partition coefficient (Wildman–Crippen LogP) is 5.30. The van der Waals surface area contributed by atoms with Crippen LogP contribution in [0.15, 0.2) is 70.2 Å². The summed E-state index contributed by atoms with van der Waals surface area (Å²) in [5.74, 6) is 2.79. The van der Waals surface area contributed by atoms with E-state index in [9.17, 15) is 9.90 Å². The maximum Gasteiger partial charge on any atom is 0.227 e. The Morgan fingerprint density at radius 1 is 1.07 bits per heavy atom. The summed E-state index contributed by atoms with van der Waals surface area (Å²) in [5.41, 5.74) is 2.63. The van der Waals surface area contributed by atoms with Crippen LogP contribution in [0, 0.1) is 0 Å². The molecule has 2 aromatic heterocycles. The number of aliphatic hydroxyl groups excluding tert-OH is 1. The first-order chi connectivity index (χ1) is 19.5. The van der Waals surface area contributed by atoms with Gasteiger partial charge in [-0.05, 0) is 67.6 Å². The molecule has 1 amide bonds. The van der Waals surface area contributed by atoms with Gasteiger partial charge in [-0.2, -0.15) is 0 Å². The van der Waals surface area contributed by atoms with Crippen LogP contribution in [-0.2, 0) is 24.3 Å². The van der Waals surface area contributed by atoms with Crippen molar-refractivity contribution in [3.8, 4) is 11.5 Å². The van der Waals surface area contributed by atoms with Gasteiger partial charge < -0.3 is 28.8 Å². The minimum atomic E-state index is -0.293. The number of furan rings is 1. The Morgan fingerprint density at radius 2 is 1.90 bits per heavy atom. The lowest BCUT2D eigenvalue weighted by atomic mass is 10.1. The number of nitrogens with zero attached hydrogens (tertiary/aromatic N) is 3. The molecule has 1 N–H and O–H groups in total. The molecule has 210 valence electrons. The van der Waals surface area contributed by atoms with Crippen LogP contribution in [0.1, 0.15) is 29.7 Å². The number of hydrogen-bond acceptors (Lipinski definition) is 8. The summed E-state index contributed by atoms with van der Waals surface area (Å²) in [6, 6.07) is 17.6. The number of anilines is 1. The molecule has 0 spiro atoms. The summed E-state index contributed by atoms with van der Waals surface area (Å²) in [6.07, 6.45) is 4.90. The largest absolute Gasteiger partial charge is 0.497 e. The molecule has 0 bridgehead atoms. The van der Waals surface area contributed by atoms with Crippen LogP contribution in [-0.4, -0.2) is 60.6 Å². The molecular formula is C31H35N3O5S. The van der Waals surface area contributed by atoms with Gasteiger partial charge in [0.25, 0.3) is 0 Å². The highest BCUT2D eigenvalue weighted by Crippen LogP contribution is 2.31. The first kappa shape index (κ1) is 27.9. The van der Waals surface area contributed by atoms with Gasteiger partial charge >= 0.3 is 0 Å². The number of aliphatic hydroxyl groups is 1. The van der Waals surface area contributed by atoms with Gasteiger partial charge in [-0.3, -0.25) is 4.79 Å². The Morgan fingerprint density at radius 3 is 2.60 bits per heavy atom. The molecule has 1 aliphatic rings. The number of ether oxygens (including phenoxy) is 2. The molecule has 0 unspecified atom stereocenters. The SMILES string of the molecule is COc1ccc(OC)c(CC(=O)N(Cc2ccco2)Cc2cc3ccc(SC)cc3nc2N2CCC(O)CC2)c1. The normalized spacial score (nSPS) is 13.9. The quantitative estimate of drug-likeness (QED) is 0.261. The van der Waals surface area contributed by atoms with Gasteiger partial charge in [0.2, 0.25) is 5.91 Å². The Hall–Kier alpha value is -3.69. The van der Waals surface area contributed by atoms with Gasteiger partial charge in [-0.1, -0.05) is 6.07 Å². The van der Waals surface area contributed by atoms with E-state index in [2.05, 4.69) is 35.4 Å². The number of hydrogen-bond donors (Lipinski definition) is 1. The summed E-state index contributed by atoms with van der Waals surface area (Å²) in [6.45, 7) is 2.09. The number of pyridine rings is 1. The number of piperidine rings is 1. The van der Waals surface area contributed by atoms with Crippen LogP contribution in [0.3, 0.4) is 0 Å². The van der Waals surface area contributed by atoms with Crippen molar-refractivity contribution >= 4 is 34.4 Å². The van der Waals surface area contributed by atoms with Crippen LogP contribution >= 0.6 is 11.8 Å². The number of amides is 1. The van der Waals surface area contributed by atoms with Crippen LogP contribution in [0.25, 0.3) is 10.9 Å². The lowest BCUT2D eigenvalue weighted by Gasteiger charge is -2.33. The lowest BCUT2D eigenvalue weighted by Crippen LogP contribution is -2.38. The van der Waals surface area contributed by atoms with E-state index in [1.165, 1.54) is 0 Å². The van der Waals surface area contributed by atoms with Gasteiger partial charge in [0.1, 0.15) is 23.1 Å². The molecule has 1 fully saturated rings. The van der Waals surface area contributed by atoms with E-state index in [1.807, 2.05) is 30.3 Å². The average molecular weight is 562 g/mol. The number of benzene rings is 2. The molecule has 1 saturated heterocycles. The zero-order valence-corrected chi connectivity index (χ0v) is 23.9. The van der Waals surface area contributed by atoms with Crippen molar-refractivity contribution in [3.05, 3.63) is 77.7 Å². The van der Waals surface area contributed by atoms with E-state index in [0.717, 1.165) is 32.7 Å². The fraction of sp³-hybridized carbons (Fsp3) is 0.355. The van der Waals surface area contributed by atoms with Gasteiger partial charge in [0.05, 0.1) is 45.1 Å². The minimum absolute atomic E-state index is 0.0687. The number of carbonyl (C=O) groups excluding carboxylic acids is 1. The molecule has 9 heteroatoms. The number of carbonyl (C=O) groups is 1. The van der Waals surface area contributed by atoms with E-state index in [1.54, 1.807) is 37.1 Å². The summed E-state index contributed by atoms with van der Waals surface area (Å²) in [7, 11) is 3.20. The van der Waals surface area contributed by atoms with Crippen LogP contribution in [0.5, 0.6) is 11.5 Å². The zero-order chi connectivity index (χ0) is 28.1. The third-order valence-corrected chi connectivity index (χ3v) is 8.04. The number of aromatic nitrogens is 1. The van der Waals surface area contributed by atoms with E-state index >= 15 is 0 Å². The number of fused-ring (bicyclic) bond motifs is 1. The summed E-state index contributed by atoms with van der Waals surface area (Å²) < 4.78 is 16.6. The molecule has 2 aromatic carbocycles. The van der Waals surface area contributed by atoms with Crippen molar-refractivity contribution in [1.82, 2.24) is 9.88 Å². The molecule has 0 atom stereocenters. The predicted molar refractivity (Wildman–Crippen MR) is 157 cm³/mol. The number of rotatable bonds is 10. The average Bonchev–Trinajstić information content (AvgIpc) is 3.50. The fourth-order valence-electron chi connectivity index (χ4n) is 5.10. The molecule has 0 radical (unpaired) electrons. The summed E-state index contributed by atoms with van der Waals surface area (Å²) in [5, 5.41) is 11.2. The zero-order valence-electron chi connectivity index (χ0n) is 23.1. The maximum atomic E-state index is 13.9. The van der Waals surface area contributed by atoms with Crippen LogP contribution in [0.2, 0.25) is 0 Å². The third-order valence-electron chi connectivity index (χ3n) is 7.31. The third kappa shape index (κ3) is 6.37. The van der Waals surface area contributed by atoms with Crippen molar-refractivity contribution in [2.24, 2.45) is 0 Å². The second-order valence-corrected chi connectivity index (χ2v) is 10.8. The van der Waals surface area contributed by atoms with E-state index in [-0.39, 0.29) is 18.4 Å². The first-order valence-electron chi connectivity index (χ1n) is 13.4. The Labute approximate surface area is 238 Å². The maximum absolute atomic E-state index is 13.9. The Balaban J connectivity index is 1.51. The van der Waals surface area contributed by atoms with Crippen molar-refractivity contribution in [2.75, 3.05) is 38.5 Å². The fourth-order valence-corrected chi connectivity index (χ4v) is 5.53. The summed E-state index contributed by atoms with van der Waals surface area (Å²) >= 11 is 1.68. The molecular weight excluding hydrogens is 526 g/mol. The number of thioether (sulfide) groups is 1. The van der Waals surface area contributed by atoms with E-state index in [4.69, 9.17) is 18.9 Å². The van der Waals surface area contributed by atoms with Crippen molar-refractivity contribution < 1.29 is 23.8 Å². The summed E-state index contributed by atoms with van der Waals surface area (Å²) in [4.78, 5) is 24.2. The topological polar surface area (TPSA) is 88.3 Å². The molecule has 3 heterocycles. The minimum Gasteiger partial charge on any atom is -0.497 e. The van der Waals surface area contributed by atoms with Crippen molar-refractivity contribution in [1.29, 1.82) is 0 Å². The van der Waals surface area contributed by atoms with E-state index in [0.29, 0.717) is 56.3 Å². The van der Waals surface area contributed by atoms with Crippen LogP contribution < -0.4 is 14.4 Å². The molecule has 0 aliphatic carbocycles. The highest BCUT2D eigenvalue weighted by Gasteiger charge is 2.25. The standard InChI is InChI=1S/C31H35N3O5S/c1-37-25-7-9-29(38-2)22(16-25)17-30(36)34(20-26-5-4-14-39-26)19-23-15-21-6-8-27(40-3)18-28(21)32-31(23)33-12-10-24(35)11-13-33/h4-9,14-16,18,24,35H,10-13,17,19-20H2,1-3H3. The monoisotopic (exact) mass is 561 g/mol. The highest BCUT2D eigenvalue weighted by molar-refractivity contribution is 7.98. The smallest absolute Gasteiger partial charge is 0.227 e. The van der Waals surface area contributed by atoms with Gasteiger partial charge in [0.15, 0.2) is 0 Å². The highest BCUT2D eigenvalue weighted by atomic mass is 32.2. The first-order valence-corrected chi connectivity index (χ1v) is 14.6. The number of methoxy groups -OCH3 is 2. The van der Waals surface area contributed by atoms with Gasteiger partial charge in [-0.25, -0.2) is 4.98 Å². The molecule has 1 aliphatic heterocycles. The Kier molecular flexibility index (Phi) is 8.81. The van der Waals surface area contributed by atoms with Crippen molar-refractivity contribution in [3.63, 3.8) is 0 Å². The van der Waals surface area contributed by atoms with Gasteiger partial charge in [-0.15, -0.1) is 11.8 Å². The Bertz CT molecular complexity index is 1450. The molecule has 40 heavy (non-hydrogen) atoms. The second-order valence-electron chi connectivity index (χ2n) is 9.93. The molecule has 4 aromatic rings.